The number of amidine groups is 1. The van der Waals surface area contributed by atoms with Gasteiger partial charge in [-0.2, -0.15) is 0 Å². The van der Waals surface area contributed by atoms with Gasteiger partial charge in [-0.3, -0.25) is 9.86 Å². The molecule has 5 N–H and O–H groups in total. The van der Waals surface area contributed by atoms with Gasteiger partial charge < -0.3 is 5.73 Å². The summed E-state index contributed by atoms with van der Waals surface area (Å²) in [4.78, 5) is 4.39. The van der Waals surface area contributed by atoms with Crippen molar-refractivity contribution in [2.24, 2.45) is 15.9 Å². The van der Waals surface area contributed by atoms with Crippen molar-refractivity contribution in [2.75, 3.05) is 12.3 Å². The van der Waals surface area contributed by atoms with Crippen molar-refractivity contribution >= 4 is 35.4 Å². The average molecular weight is 338 g/mol. The van der Waals surface area contributed by atoms with E-state index in [-0.39, 0.29) is 5.84 Å². The number of hydrogen-bond donors (Lipinski definition) is 3. The van der Waals surface area contributed by atoms with Crippen LogP contribution in [0.25, 0.3) is 0 Å². The Bertz CT molecular complexity index is 658. The number of aliphatic imine (C=N–C) groups is 1. The first kappa shape index (κ1) is 16.8. The van der Waals surface area contributed by atoms with Gasteiger partial charge in [-0.1, -0.05) is 17.8 Å². The second-order valence-corrected chi connectivity index (χ2v) is 6.15. The van der Waals surface area contributed by atoms with E-state index >= 15 is 0 Å². The van der Waals surface area contributed by atoms with Crippen LogP contribution < -0.4 is 15.6 Å². The van der Waals surface area contributed by atoms with Crippen molar-refractivity contribution < 1.29 is 4.63 Å². The fourth-order valence-electron chi connectivity index (χ4n) is 1.67. The van der Waals surface area contributed by atoms with Crippen LogP contribution in [0.1, 0.15) is 16.8 Å². The first-order valence-corrected chi connectivity index (χ1v) is 8.44. The lowest BCUT2D eigenvalue weighted by atomic mass is 10.1. The van der Waals surface area contributed by atoms with Gasteiger partial charge in [0.2, 0.25) is 0 Å². The van der Waals surface area contributed by atoms with Crippen molar-refractivity contribution in [2.45, 2.75) is 18.9 Å². The van der Waals surface area contributed by atoms with Crippen LogP contribution in [0.4, 0.5) is 5.69 Å². The summed E-state index contributed by atoms with van der Waals surface area (Å²) in [5, 5.41) is 13.6. The molecule has 0 amide bonds. The van der Waals surface area contributed by atoms with Gasteiger partial charge in [0.05, 0.1) is 5.69 Å². The SMILES string of the molecule is Cc1ccc(N=C(N)c2nonc2SCCNSN)cc1C. The number of benzene rings is 1. The van der Waals surface area contributed by atoms with Gasteiger partial charge in [-0.15, -0.1) is 0 Å². The maximum Gasteiger partial charge on any atom is 0.183 e. The zero-order valence-electron chi connectivity index (χ0n) is 12.4. The second-order valence-electron chi connectivity index (χ2n) is 4.54. The number of aromatic nitrogens is 2. The minimum absolute atomic E-state index is 0.285. The number of aryl methyl sites for hydroxylation is 2. The maximum atomic E-state index is 6.03. The molecular formula is C13H18N6OS2. The quantitative estimate of drug-likeness (QED) is 0.231. The second kappa shape index (κ2) is 8.18. The molecule has 0 atom stereocenters. The van der Waals surface area contributed by atoms with Crippen LogP contribution in [0.3, 0.4) is 0 Å². The summed E-state index contributed by atoms with van der Waals surface area (Å²) in [7, 11) is 0. The average Bonchev–Trinajstić information content (AvgIpc) is 2.96. The summed E-state index contributed by atoms with van der Waals surface area (Å²) in [6.07, 6.45) is 0. The van der Waals surface area contributed by atoms with E-state index in [1.165, 1.54) is 17.3 Å². The molecule has 118 valence electrons. The summed E-state index contributed by atoms with van der Waals surface area (Å²) < 4.78 is 7.72. The van der Waals surface area contributed by atoms with Crippen LogP contribution in [0, 0.1) is 13.8 Å². The number of nitrogens with one attached hydrogen (secondary N) is 1. The molecule has 0 saturated carbocycles. The zero-order valence-corrected chi connectivity index (χ0v) is 14.0. The minimum Gasteiger partial charge on any atom is -0.382 e. The van der Waals surface area contributed by atoms with Crippen LogP contribution in [0.2, 0.25) is 0 Å². The van der Waals surface area contributed by atoms with Crippen molar-refractivity contribution in [3.8, 4) is 0 Å². The Labute approximate surface area is 137 Å². The lowest BCUT2D eigenvalue weighted by Crippen LogP contribution is -2.15. The fraction of sp³-hybridized carbons (Fsp3) is 0.308. The maximum absolute atomic E-state index is 6.03. The molecular weight excluding hydrogens is 320 g/mol. The third-order valence-electron chi connectivity index (χ3n) is 2.97. The molecule has 0 unspecified atom stereocenters. The topological polar surface area (TPSA) is 115 Å². The molecule has 7 nitrogen and oxygen atoms in total. The van der Waals surface area contributed by atoms with Crippen LogP contribution in [0.15, 0.2) is 32.8 Å². The standard InChI is InChI=1S/C13H18N6OS2/c1-8-3-4-10(7-9(8)2)17-12(14)11-13(19-20-18-11)21-6-5-16-22-15/h3-4,7,16H,5-6,15H2,1-2H3,(H2,14,17). The van der Waals surface area contributed by atoms with Gasteiger partial charge in [-0.05, 0) is 47.4 Å². The monoisotopic (exact) mass is 338 g/mol. The molecule has 0 fully saturated rings. The summed E-state index contributed by atoms with van der Waals surface area (Å²) >= 11 is 2.56. The van der Waals surface area contributed by atoms with Crippen LogP contribution in [0.5, 0.6) is 0 Å². The predicted molar refractivity (Wildman–Crippen MR) is 91.1 cm³/mol. The van der Waals surface area contributed by atoms with E-state index in [4.69, 9.17) is 15.5 Å². The largest absolute Gasteiger partial charge is 0.382 e. The van der Waals surface area contributed by atoms with E-state index in [9.17, 15) is 0 Å². The van der Waals surface area contributed by atoms with Crippen molar-refractivity contribution in [1.29, 1.82) is 0 Å². The number of hydrogen-bond acceptors (Lipinski definition) is 8. The summed E-state index contributed by atoms with van der Waals surface area (Å²) in [5.41, 5.74) is 9.64. The van der Waals surface area contributed by atoms with E-state index in [0.29, 0.717) is 10.7 Å². The highest BCUT2D eigenvalue weighted by Crippen LogP contribution is 2.21. The molecule has 22 heavy (non-hydrogen) atoms. The highest BCUT2D eigenvalue weighted by molar-refractivity contribution is 7.99. The zero-order chi connectivity index (χ0) is 15.9. The number of nitrogens with zero attached hydrogens (tertiary/aromatic N) is 3. The smallest absolute Gasteiger partial charge is 0.183 e. The first-order valence-electron chi connectivity index (χ1n) is 6.57. The van der Waals surface area contributed by atoms with Crippen LogP contribution >= 0.6 is 23.9 Å². The normalized spacial score (nSPS) is 11.9. The Balaban J connectivity index is 2.11. The lowest BCUT2D eigenvalue weighted by Gasteiger charge is -2.03. The third-order valence-corrected chi connectivity index (χ3v) is 4.29. The molecule has 1 heterocycles. The highest BCUT2D eigenvalue weighted by atomic mass is 32.2. The van der Waals surface area contributed by atoms with Crippen LogP contribution in [-0.2, 0) is 0 Å². The summed E-state index contributed by atoms with van der Waals surface area (Å²) in [5.74, 6) is 1.05. The Morgan fingerprint density at radius 3 is 2.86 bits per heavy atom. The highest BCUT2D eigenvalue weighted by Gasteiger charge is 2.14. The fourth-order valence-corrected chi connectivity index (χ4v) is 2.78. The number of rotatable bonds is 7. The Morgan fingerprint density at radius 1 is 1.32 bits per heavy atom. The van der Waals surface area contributed by atoms with Crippen LogP contribution in [-0.4, -0.2) is 28.4 Å². The van der Waals surface area contributed by atoms with Gasteiger partial charge in [0.1, 0.15) is 0 Å². The lowest BCUT2D eigenvalue weighted by molar-refractivity contribution is 0.298. The summed E-state index contributed by atoms with van der Waals surface area (Å²) in [6.45, 7) is 4.81. The van der Waals surface area contributed by atoms with E-state index < -0.39 is 0 Å². The minimum atomic E-state index is 0.285. The molecule has 0 spiro atoms. The number of nitrogens with two attached hydrogens (primary N) is 2. The van der Waals surface area contributed by atoms with Crippen molar-refractivity contribution in [3.05, 3.63) is 35.0 Å². The Kier molecular flexibility index (Phi) is 6.25. The molecule has 9 heteroatoms. The van der Waals surface area contributed by atoms with Crippen molar-refractivity contribution in [3.63, 3.8) is 0 Å². The van der Waals surface area contributed by atoms with Gasteiger partial charge in [0.15, 0.2) is 16.6 Å². The molecule has 2 rings (SSSR count). The van der Waals surface area contributed by atoms with Gasteiger partial charge in [-0.25, -0.2) is 9.62 Å². The van der Waals surface area contributed by atoms with Gasteiger partial charge >= 0.3 is 0 Å². The summed E-state index contributed by atoms with van der Waals surface area (Å²) in [6, 6.07) is 5.90. The molecule has 0 radical (unpaired) electrons. The molecule has 1 aromatic heterocycles. The molecule has 0 saturated heterocycles. The van der Waals surface area contributed by atoms with E-state index in [0.717, 1.165) is 35.7 Å². The van der Waals surface area contributed by atoms with E-state index in [1.54, 1.807) is 0 Å². The van der Waals surface area contributed by atoms with Gasteiger partial charge in [0.25, 0.3) is 0 Å². The van der Waals surface area contributed by atoms with E-state index in [2.05, 4.69) is 27.0 Å². The molecule has 1 aromatic carbocycles. The van der Waals surface area contributed by atoms with Crippen molar-refractivity contribution in [1.82, 2.24) is 15.0 Å². The van der Waals surface area contributed by atoms with E-state index in [1.807, 2.05) is 25.1 Å². The molecule has 0 aliphatic heterocycles. The Hall–Kier alpha value is -1.55. The van der Waals surface area contributed by atoms with Gasteiger partial charge in [0, 0.05) is 24.4 Å². The number of thioether (sulfide) groups is 1. The molecule has 0 aliphatic carbocycles. The third kappa shape index (κ3) is 4.47. The molecule has 2 aromatic rings. The predicted octanol–water partition coefficient (Wildman–Crippen LogP) is 1.93. The Morgan fingerprint density at radius 2 is 2.14 bits per heavy atom. The molecule has 0 aliphatic rings. The first-order chi connectivity index (χ1) is 10.6. The molecule has 0 bridgehead atoms.